The number of rotatable bonds is 4. The van der Waals surface area contributed by atoms with Crippen LogP contribution >= 0.6 is 0 Å². The molecule has 0 aliphatic carbocycles. The molecule has 0 N–H and O–H groups in total. The quantitative estimate of drug-likeness (QED) is 0.633. The third kappa shape index (κ3) is 4.86. The van der Waals surface area contributed by atoms with Crippen molar-refractivity contribution in [2.45, 2.75) is 65.2 Å². The number of carboxylic acids is 1. The number of ether oxygens (including phenoxy) is 1. The fourth-order valence-electron chi connectivity index (χ4n) is 2.20. The molecule has 0 amide bonds. The van der Waals surface area contributed by atoms with Crippen molar-refractivity contribution >= 4 is 11.9 Å². The largest absolute Gasteiger partial charge is 0.550 e. The molecule has 0 radical (unpaired) electrons. The van der Waals surface area contributed by atoms with Crippen molar-refractivity contribution in [1.29, 1.82) is 0 Å². The van der Waals surface area contributed by atoms with Gasteiger partial charge in [-0.05, 0) is 17.3 Å². The van der Waals surface area contributed by atoms with Crippen LogP contribution in [0.4, 0.5) is 0 Å². The summed E-state index contributed by atoms with van der Waals surface area (Å²) in [6.07, 6.45) is -0.522. The Morgan fingerprint density at radius 3 is 1.77 bits per heavy atom. The van der Waals surface area contributed by atoms with E-state index in [1.54, 1.807) is 0 Å². The number of carbonyl (C=O) groups is 2. The van der Waals surface area contributed by atoms with Crippen LogP contribution in [0.3, 0.4) is 0 Å². The van der Waals surface area contributed by atoms with E-state index in [2.05, 4.69) is 0 Å². The molecule has 4 nitrogen and oxygen atoms in total. The van der Waals surface area contributed by atoms with Gasteiger partial charge < -0.3 is 14.6 Å². The Morgan fingerprint density at radius 1 is 0.955 bits per heavy atom. The highest BCUT2D eigenvalue weighted by Crippen LogP contribution is 2.39. The highest BCUT2D eigenvalue weighted by molar-refractivity contribution is 5.78. The van der Waals surface area contributed by atoms with Gasteiger partial charge in [0, 0.05) is 17.1 Å². The lowest BCUT2D eigenvalue weighted by Crippen LogP contribution is -2.25. The average Bonchev–Trinajstić information content (AvgIpc) is 2.34. The molecule has 0 aliphatic heterocycles. The van der Waals surface area contributed by atoms with Crippen LogP contribution in [0, 0.1) is 0 Å². The Balaban J connectivity index is 3.24. The summed E-state index contributed by atoms with van der Waals surface area (Å²) in [5.74, 6) is -1.26. The van der Waals surface area contributed by atoms with Crippen LogP contribution in [0.15, 0.2) is 18.2 Å². The van der Waals surface area contributed by atoms with Crippen LogP contribution in [0.2, 0.25) is 0 Å². The van der Waals surface area contributed by atoms with Crippen LogP contribution in [-0.4, -0.2) is 11.9 Å². The first-order valence-corrected chi connectivity index (χ1v) is 7.47. The number of hydrogen-bond acceptors (Lipinski definition) is 4. The predicted molar refractivity (Wildman–Crippen MR) is 83.7 cm³/mol. The van der Waals surface area contributed by atoms with Gasteiger partial charge in [-0.3, -0.25) is 4.79 Å². The number of aliphatic carboxylic acids is 1. The Kier molecular flexibility index (Phi) is 5.39. The first-order chi connectivity index (χ1) is 9.93. The van der Waals surface area contributed by atoms with Gasteiger partial charge in [0.15, 0.2) is 0 Å². The van der Waals surface area contributed by atoms with E-state index in [9.17, 15) is 14.7 Å². The minimum absolute atomic E-state index is 0.189. The van der Waals surface area contributed by atoms with Gasteiger partial charge in [-0.25, -0.2) is 0 Å². The maximum Gasteiger partial charge on any atom is 0.311 e. The Hall–Kier alpha value is -1.84. The second-order valence-corrected chi connectivity index (χ2v) is 7.53. The second kappa shape index (κ2) is 6.51. The lowest BCUT2D eigenvalue weighted by atomic mass is 9.79. The van der Waals surface area contributed by atoms with Gasteiger partial charge in [-0.2, -0.15) is 0 Å². The van der Waals surface area contributed by atoms with Gasteiger partial charge in [0.1, 0.15) is 5.75 Å². The Morgan fingerprint density at radius 2 is 1.41 bits per heavy atom. The van der Waals surface area contributed by atoms with E-state index in [-0.39, 0.29) is 23.7 Å². The third-order valence-corrected chi connectivity index (χ3v) is 3.38. The van der Waals surface area contributed by atoms with Crippen molar-refractivity contribution in [3.05, 3.63) is 29.3 Å². The molecule has 0 fully saturated rings. The van der Waals surface area contributed by atoms with Gasteiger partial charge in [0.05, 0.1) is 6.42 Å². The molecule has 0 aromatic heterocycles. The molecule has 122 valence electrons. The average molecular weight is 305 g/mol. The summed E-state index contributed by atoms with van der Waals surface area (Å²) in [7, 11) is 0. The normalized spacial score (nSPS) is 12.1. The number of hydrogen-bond donors (Lipinski definition) is 0. The molecule has 0 saturated carbocycles. The van der Waals surface area contributed by atoms with E-state index in [0.717, 1.165) is 11.1 Å². The van der Waals surface area contributed by atoms with E-state index < -0.39 is 11.9 Å². The zero-order valence-corrected chi connectivity index (χ0v) is 14.3. The van der Waals surface area contributed by atoms with E-state index >= 15 is 0 Å². The predicted octanol–water partition coefficient (Wildman–Crippen LogP) is 2.72. The summed E-state index contributed by atoms with van der Waals surface area (Å²) in [5, 5.41) is 10.5. The van der Waals surface area contributed by atoms with Crippen molar-refractivity contribution in [2.75, 3.05) is 0 Å². The van der Waals surface area contributed by atoms with Crippen LogP contribution < -0.4 is 9.84 Å². The molecule has 0 unspecified atom stereocenters. The molecule has 0 atom stereocenters. The molecule has 0 saturated heterocycles. The summed E-state index contributed by atoms with van der Waals surface area (Å²) in [4.78, 5) is 22.5. The summed E-state index contributed by atoms with van der Waals surface area (Å²) >= 11 is 0. The number of benzene rings is 1. The number of carbonyl (C=O) groups excluding carboxylic acids is 2. The van der Waals surface area contributed by atoms with Gasteiger partial charge >= 0.3 is 5.97 Å². The van der Waals surface area contributed by atoms with E-state index in [4.69, 9.17) is 4.74 Å². The van der Waals surface area contributed by atoms with Crippen LogP contribution in [0.25, 0.3) is 0 Å². The Bertz CT molecular complexity index is 527. The Labute approximate surface area is 132 Å². The monoisotopic (exact) mass is 305 g/mol. The molecule has 1 rings (SSSR count). The number of para-hydroxylation sites is 1. The minimum Gasteiger partial charge on any atom is -0.550 e. The highest BCUT2D eigenvalue weighted by atomic mass is 16.5. The fourth-order valence-corrected chi connectivity index (χ4v) is 2.20. The number of carboxylic acid groups (broad SMARTS) is 1. The van der Waals surface area contributed by atoms with Gasteiger partial charge in [0.25, 0.3) is 0 Å². The summed E-state index contributed by atoms with van der Waals surface area (Å²) < 4.78 is 5.55. The molecule has 0 bridgehead atoms. The highest BCUT2D eigenvalue weighted by Gasteiger charge is 2.27. The summed E-state index contributed by atoms with van der Waals surface area (Å²) in [6.45, 7) is 12.3. The summed E-state index contributed by atoms with van der Waals surface area (Å²) in [5.41, 5.74) is 1.49. The lowest BCUT2D eigenvalue weighted by molar-refractivity contribution is -0.305. The number of esters is 1. The maximum absolute atomic E-state index is 12.0. The van der Waals surface area contributed by atoms with Crippen LogP contribution in [0.1, 0.15) is 65.5 Å². The van der Waals surface area contributed by atoms with Crippen LogP contribution in [-0.2, 0) is 20.4 Å². The van der Waals surface area contributed by atoms with Gasteiger partial charge in [0.2, 0.25) is 0 Å². The van der Waals surface area contributed by atoms with Crippen molar-refractivity contribution in [3.8, 4) is 5.75 Å². The molecule has 4 heteroatoms. The molecular formula is C18H25O4-. The van der Waals surface area contributed by atoms with E-state index in [1.807, 2.05) is 59.7 Å². The smallest absolute Gasteiger partial charge is 0.311 e. The molecule has 22 heavy (non-hydrogen) atoms. The van der Waals surface area contributed by atoms with Crippen LogP contribution in [0.5, 0.6) is 5.75 Å². The SMILES string of the molecule is CC(C)(C)c1cccc(C(C)(C)C)c1OC(=O)CCC(=O)[O-]. The van der Waals surface area contributed by atoms with Gasteiger partial charge in [-0.1, -0.05) is 59.7 Å². The molecule has 1 aromatic carbocycles. The molecule has 0 spiro atoms. The van der Waals surface area contributed by atoms with Gasteiger partial charge in [-0.15, -0.1) is 0 Å². The summed E-state index contributed by atoms with van der Waals surface area (Å²) in [6, 6.07) is 5.84. The third-order valence-electron chi connectivity index (χ3n) is 3.38. The standard InChI is InChI=1S/C18H26O4/c1-17(2,3)12-8-7-9-13(18(4,5)6)16(12)22-15(21)11-10-14(19)20/h7-9H,10-11H2,1-6H3,(H,19,20)/p-1. The van der Waals surface area contributed by atoms with E-state index in [0.29, 0.717) is 5.75 Å². The first-order valence-electron chi connectivity index (χ1n) is 7.47. The van der Waals surface area contributed by atoms with Crippen molar-refractivity contribution < 1.29 is 19.4 Å². The molecule has 1 aromatic rings. The molecular weight excluding hydrogens is 280 g/mol. The zero-order valence-electron chi connectivity index (χ0n) is 14.3. The van der Waals surface area contributed by atoms with Crippen molar-refractivity contribution in [1.82, 2.24) is 0 Å². The topological polar surface area (TPSA) is 66.4 Å². The lowest BCUT2D eigenvalue weighted by Gasteiger charge is -2.29. The molecule has 0 heterocycles. The van der Waals surface area contributed by atoms with Crippen molar-refractivity contribution in [3.63, 3.8) is 0 Å². The zero-order chi connectivity index (χ0) is 17.1. The second-order valence-electron chi connectivity index (χ2n) is 7.53. The van der Waals surface area contributed by atoms with E-state index in [1.165, 1.54) is 0 Å². The first kappa shape index (κ1) is 18.2. The molecule has 0 aliphatic rings. The minimum atomic E-state index is -1.25. The maximum atomic E-state index is 12.0. The fraction of sp³-hybridized carbons (Fsp3) is 0.556. The van der Waals surface area contributed by atoms with Crippen molar-refractivity contribution in [2.24, 2.45) is 0 Å².